The van der Waals surface area contributed by atoms with Gasteiger partial charge in [-0.1, -0.05) is 0 Å². The summed E-state index contributed by atoms with van der Waals surface area (Å²) in [6.07, 6.45) is -7.13. The number of rotatable bonds is 1. The molecule has 0 amide bonds. The van der Waals surface area contributed by atoms with Gasteiger partial charge in [0.15, 0.2) is 0 Å². The average molecular weight is 207 g/mol. The molecule has 7 N–H and O–H groups in total. The zero-order chi connectivity index (χ0) is 11.1. The molecule has 1 aliphatic rings. The van der Waals surface area contributed by atoms with Gasteiger partial charge in [0.05, 0.1) is 6.10 Å². The van der Waals surface area contributed by atoms with Crippen molar-refractivity contribution in [1.29, 1.82) is 0 Å². The molecule has 0 saturated heterocycles. The summed E-state index contributed by atoms with van der Waals surface area (Å²) in [7, 11) is 0. The fourth-order valence-corrected chi connectivity index (χ4v) is 1.52. The van der Waals surface area contributed by atoms with Crippen LogP contribution in [0.25, 0.3) is 0 Å². The van der Waals surface area contributed by atoms with Crippen LogP contribution in [0, 0.1) is 0 Å². The number of carboxylic acid groups (broad SMARTS) is 1. The Morgan fingerprint density at radius 2 is 1.71 bits per heavy atom. The van der Waals surface area contributed by atoms with Crippen LogP contribution in [-0.4, -0.2) is 61.5 Å². The average Bonchev–Trinajstić information content (AvgIpc) is 2.11. The van der Waals surface area contributed by atoms with Crippen molar-refractivity contribution < 1.29 is 30.3 Å². The van der Waals surface area contributed by atoms with Crippen molar-refractivity contribution in [2.45, 2.75) is 36.4 Å². The predicted octanol–water partition coefficient (Wildman–Crippen LogP) is -3.38. The molecule has 7 nitrogen and oxygen atoms in total. The molecule has 0 aliphatic heterocycles. The molecule has 5 unspecified atom stereocenters. The molecule has 0 bridgehead atoms. The largest absolute Gasteiger partial charge is 0.480 e. The van der Waals surface area contributed by atoms with E-state index in [1.165, 1.54) is 0 Å². The molecule has 0 radical (unpaired) electrons. The van der Waals surface area contributed by atoms with Gasteiger partial charge in [-0.15, -0.1) is 0 Å². The van der Waals surface area contributed by atoms with Crippen molar-refractivity contribution in [2.75, 3.05) is 0 Å². The third kappa shape index (κ3) is 1.49. The van der Waals surface area contributed by atoms with Crippen molar-refractivity contribution in [1.82, 2.24) is 0 Å². The lowest BCUT2D eigenvalue weighted by Crippen LogP contribution is -2.70. The molecule has 0 aromatic rings. The second-order valence-electron chi connectivity index (χ2n) is 3.54. The second-order valence-corrected chi connectivity index (χ2v) is 3.54. The molecular weight excluding hydrogens is 194 g/mol. The summed E-state index contributed by atoms with van der Waals surface area (Å²) in [6.45, 7) is 0. The summed E-state index contributed by atoms with van der Waals surface area (Å²) in [5, 5.41) is 45.5. The van der Waals surface area contributed by atoms with E-state index in [-0.39, 0.29) is 0 Å². The lowest BCUT2D eigenvalue weighted by Gasteiger charge is -2.42. The quantitative estimate of drug-likeness (QED) is 0.263. The number of carbonyl (C=O) groups is 1. The first kappa shape index (κ1) is 11.3. The summed E-state index contributed by atoms with van der Waals surface area (Å²) in [5.41, 5.74) is 3.18. The fourth-order valence-electron chi connectivity index (χ4n) is 1.52. The first-order chi connectivity index (χ1) is 6.30. The predicted molar refractivity (Wildman–Crippen MR) is 43.2 cm³/mol. The number of carboxylic acids is 1. The van der Waals surface area contributed by atoms with Crippen molar-refractivity contribution in [3.05, 3.63) is 0 Å². The van der Waals surface area contributed by atoms with E-state index in [9.17, 15) is 20.1 Å². The number of aliphatic hydroxyl groups is 4. The topological polar surface area (TPSA) is 144 Å². The summed E-state index contributed by atoms with van der Waals surface area (Å²) in [5.74, 6) is -1.53. The minimum absolute atomic E-state index is 0.512. The molecule has 5 atom stereocenters. The van der Waals surface area contributed by atoms with E-state index in [1.54, 1.807) is 0 Å². The molecule has 1 fully saturated rings. The Balaban J connectivity index is 2.96. The van der Waals surface area contributed by atoms with Crippen LogP contribution in [0.2, 0.25) is 0 Å². The van der Waals surface area contributed by atoms with Gasteiger partial charge in [-0.25, -0.2) is 0 Å². The van der Waals surface area contributed by atoms with Crippen LogP contribution in [0.3, 0.4) is 0 Å². The first-order valence-corrected chi connectivity index (χ1v) is 4.05. The molecule has 82 valence electrons. The number of aliphatic carboxylic acids is 1. The fraction of sp³-hybridized carbons (Fsp3) is 0.857. The Hall–Kier alpha value is -0.730. The molecule has 7 heteroatoms. The maximum Gasteiger partial charge on any atom is 0.326 e. The summed E-state index contributed by atoms with van der Waals surface area (Å²) < 4.78 is 0. The third-order valence-electron chi connectivity index (χ3n) is 2.54. The van der Waals surface area contributed by atoms with E-state index in [0.717, 1.165) is 0 Å². The highest BCUT2D eigenvalue weighted by Gasteiger charge is 2.54. The molecule has 0 heterocycles. The summed E-state index contributed by atoms with van der Waals surface area (Å²) in [4.78, 5) is 10.7. The molecule has 1 aliphatic carbocycles. The SMILES string of the molecule is NC1(C(=O)O)CC(O)C(O)C(O)C1O. The van der Waals surface area contributed by atoms with E-state index in [2.05, 4.69) is 0 Å². The zero-order valence-electron chi connectivity index (χ0n) is 7.24. The highest BCUT2D eigenvalue weighted by atomic mass is 16.4. The second kappa shape index (κ2) is 3.44. The minimum Gasteiger partial charge on any atom is -0.480 e. The third-order valence-corrected chi connectivity index (χ3v) is 2.54. The van der Waals surface area contributed by atoms with Crippen molar-refractivity contribution in [2.24, 2.45) is 5.73 Å². The Morgan fingerprint density at radius 3 is 2.14 bits per heavy atom. The van der Waals surface area contributed by atoms with E-state index in [4.69, 9.17) is 15.9 Å². The number of aliphatic hydroxyl groups excluding tert-OH is 4. The molecule has 1 rings (SSSR count). The molecule has 1 saturated carbocycles. The van der Waals surface area contributed by atoms with Crippen LogP contribution in [0.1, 0.15) is 6.42 Å². The van der Waals surface area contributed by atoms with Gasteiger partial charge in [0.1, 0.15) is 23.9 Å². The Morgan fingerprint density at radius 1 is 1.21 bits per heavy atom. The number of hydrogen-bond acceptors (Lipinski definition) is 6. The summed E-state index contributed by atoms with van der Waals surface area (Å²) >= 11 is 0. The molecule has 0 aromatic heterocycles. The maximum atomic E-state index is 10.7. The van der Waals surface area contributed by atoms with Crippen molar-refractivity contribution >= 4 is 5.97 Å². The van der Waals surface area contributed by atoms with Gasteiger partial charge in [0.2, 0.25) is 0 Å². The monoisotopic (exact) mass is 207 g/mol. The van der Waals surface area contributed by atoms with E-state index >= 15 is 0 Å². The Bertz CT molecular complexity index is 246. The van der Waals surface area contributed by atoms with Crippen LogP contribution < -0.4 is 5.73 Å². The van der Waals surface area contributed by atoms with Gasteiger partial charge in [-0.3, -0.25) is 4.79 Å². The van der Waals surface area contributed by atoms with Crippen molar-refractivity contribution in [3.63, 3.8) is 0 Å². The zero-order valence-corrected chi connectivity index (χ0v) is 7.24. The summed E-state index contributed by atoms with van der Waals surface area (Å²) in [6, 6.07) is 0. The van der Waals surface area contributed by atoms with E-state index in [1.807, 2.05) is 0 Å². The standard InChI is InChI=1S/C7H13NO6/c8-7(6(13)14)1-2(9)3(10)4(11)5(7)12/h2-5,9-12H,1,8H2,(H,13,14). The van der Waals surface area contributed by atoms with Crippen LogP contribution in [0.5, 0.6) is 0 Å². The minimum atomic E-state index is -2.13. The molecule has 0 spiro atoms. The first-order valence-electron chi connectivity index (χ1n) is 4.05. The van der Waals surface area contributed by atoms with Gasteiger partial charge in [0.25, 0.3) is 0 Å². The maximum absolute atomic E-state index is 10.7. The molecule has 0 aromatic carbocycles. The van der Waals surface area contributed by atoms with Crippen LogP contribution in [-0.2, 0) is 4.79 Å². The lowest BCUT2D eigenvalue weighted by atomic mass is 9.75. The van der Waals surface area contributed by atoms with Gasteiger partial charge < -0.3 is 31.3 Å². The molecule has 14 heavy (non-hydrogen) atoms. The van der Waals surface area contributed by atoms with Gasteiger partial charge in [-0.05, 0) is 0 Å². The normalized spacial score (nSPS) is 48.9. The number of hydrogen-bond donors (Lipinski definition) is 6. The smallest absolute Gasteiger partial charge is 0.326 e. The van der Waals surface area contributed by atoms with Crippen LogP contribution in [0.15, 0.2) is 0 Å². The highest BCUT2D eigenvalue weighted by Crippen LogP contribution is 2.27. The Kier molecular flexibility index (Phi) is 2.79. The van der Waals surface area contributed by atoms with Gasteiger partial charge in [0, 0.05) is 6.42 Å². The lowest BCUT2D eigenvalue weighted by molar-refractivity contribution is -0.183. The highest BCUT2D eigenvalue weighted by molar-refractivity contribution is 5.80. The van der Waals surface area contributed by atoms with Gasteiger partial charge >= 0.3 is 5.97 Å². The number of nitrogens with two attached hydrogens (primary N) is 1. The van der Waals surface area contributed by atoms with Crippen LogP contribution >= 0.6 is 0 Å². The van der Waals surface area contributed by atoms with E-state index in [0.29, 0.717) is 0 Å². The van der Waals surface area contributed by atoms with Gasteiger partial charge in [-0.2, -0.15) is 0 Å². The molecular formula is C7H13NO6. The Labute approximate surface area is 79.4 Å². The van der Waals surface area contributed by atoms with Crippen LogP contribution in [0.4, 0.5) is 0 Å². The van der Waals surface area contributed by atoms with E-state index < -0.39 is 42.3 Å². The van der Waals surface area contributed by atoms with Crippen molar-refractivity contribution in [3.8, 4) is 0 Å².